The summed E-state index contributed by atoms with van der Waals surface area (Å²) in [4.78, 5) is 0. The summed E-state index contributed by atoms with van der Waals surface area (Å²) in [5.74, 6) is 0. The van der Waals surface area contributed by atoms with Crippen LogP contribution in [0.25, 0.3) is 29.8 Å². The Morgan fingerprint density at radius 2 is 1.87 bits per heavy atom. The smallest absolute Gasteiger partial charge is 0.0540 e. The molecule has 15 heavy (non-hydrogen) atoms. The van der Waals surface area contributed by atoms with Crippen molar-refractivity contribution in [2.24, 2.45) is 0 Å². The average Bonchev–Trinajstić information content (AvgIpc) is 2.52. The van der Waals surface area contributed by atoms with Gasteiger partial charge in [-0.05, 0) is 12.1 Å². The Balaban J connectivity index is 3.03. The zero-order valence-corrected chi connectivity index (χ0v) is 8.66. The Labute approximate surface area is 89.0 Å². The highest BCUT2D eigenvalue weighted by atomic mass is 15.0. The number of rotatable bonds is 2. The highest BCUT2D eigenvalue weighted by molar-refractivity contribution is 5.85. The third-order valence-electron chi connectivity index (χ3n) is 2.61. The molecule has 2 rings (SSSR count). The first kappa shape index (κ1) is 9.53. The van der Waals surface area contributed by atoms with E-state index in [1.165, 1.54) is 0 Å². The summed E-state index contributed by atoms with van der Waals surface area (Å²) in [6.07, 6.45) is 1.72. The molecule has 0 atom stereocenters. The molecule has 0 fully saturated rings. The van der Waals surface area contributed by atoms with Gasteiger partial charge in [-0.25, -0.2) is 0 Å². The fourth-order valence-corrected chi connectivity index (χ4v) is 1.78. The van der Waals surface area contributed by atoms with Gasteiger partial charge in [0.25, 0.3) is 0 Å². The average molecular weight is 195 g/mol. The third kappa shape index (κ3) is 1.24. The van der Waals surface area contributed by atoms with Gasteiger partial charge in [0.05, 0.1) is 5.52 Å². The first-order valence-corrected chi connectivity index (χ1v) is 4.76. The molecule has 0 N–H and O–H groups in total. The van der Waals surface area contributed by atoms with Crippen LogP contribution in [-0.2, 0) is 0 Å². The first-order chi connectivity index (χ1) is 7.16. The lowest BCUT2D eigenvalue weighted by molar-refractivity contribution is 1.13. The zero-order valence-electron chi connectivity index (χ0n) is 8.66. The van der Waals surface area contributed by atoms with Crippen LogP contribution in [0.15, 0.2) is 43.5 Å². The number of benzene rings is 1. The minimum absolute atomic E-state index is 0.825. The number of hydrogen-bond acceptors (Lipinski definition) is 0. The molecule has 0 saturated heterocycles. The summed E-state index contributed by atoms with van der Waals surface area (Å²) in [7, 11) is 0. The Morgan fingerprint density at radius 3 is 2.53 bits per heavy atom. The molecule has 0 aliphatic rings. The van der Waals surface area contributed by atoms with Gasteiger partial charge in [-0.1, -0.05) is 44.5 Å². The number of nitrogens with zero attached hydrogens (tertiary/aromatic N) is 1. The number of allylic oxidation sites excluding steroid dienone is 2. The molecular formula is C14H13N. The van der Waals surface area contributed by atoms with Crippen LogP contribution in [0.1, 0.15) is 0 Å². The molecule has 1 heteroatoms. The Hall–Kier alpha value is -2.02. The summed E-state index contributed by atoms with van der Waals surface area (Å²) < 4.78 is 1.98. The molecule has 0 aliphatic carbocycles. The molecule has 1 aromatic heterocycles. The number of fused-ring (bicyclic) bond motifs is 1. The van der Waals surface area contributed by atoms with Crippen LogP contribution in [0.5, 0.6) is 0 Å². The normalized spacial score (nSPS) is 10.4. The molecule has 0 spiro atoms. The summed E-state index contributed by atoms with van der Waals surface area (Å²) in [5.41, 5.74) is 1.91. The SMILES string of the molecule is C=CC(=C)n1c(=C)c(=C)c2ccccc21. The van der Waals surface area contributed by atoms with Crippen molar-refractivity contribution >= 4 is 29.8 Å². The summed E-state index contributed by atoms with van der Waals surface area (Å²) in [6.45, 7) is 15.7. The quantitative estimate of drug-likeness (QED) is 0.647. The first-order valence-electron chi connectivity index (χ1n) is 4.76. The standard InChI is InChI=1S/C14H13N/c1-5-10(2)15-12(4)11(3)13-8-6-7-9-14(13)15/h5-9H,1-4H2. The van der Waals surface area contributed by atoms with Crippen LogP contribution in [0.3, 0.4) is 0 Å². The van der Waals surface area contributed by atoms with E-state index in [4.69, 9.17) is 0 Å². The van der Waals surface area contributed by atoms with Crippen LogP contribution in [0.4, 0.5) is 0 Å². The Kier molecular flexibility index (Phi) is 2.09. The van der Waals surface area contributed by atoms with Gasteiger partial charge in [-0.15, -0.1) is 0 Å². The van der Waals surface area contributed by atoms with E-state index in [-0.39, 0.29) is 0 Å². The largest absolute Gasteiger partial charge is 0.310 e. The second kappa shape index (κ2) is 3.28. The van der Waals surface area contributed by atoms with Gasteiger partial charge in [0, 0.05) is 21.7 Å². The number of hydrogen-bond donors (Lipinski definition) is 0. The van der Waals surface area contributed by atoms with Crippen molar-refractivity contribution in [2.45, 2.75) is 0 Å². The molecule has 1 heterocycles. The maximum absolute atomic E-state index is 4.03. The fourth-order valence-electron chi connectivity index (χ4n) is 1.78. The topological polar surface area (TPSA) is 4.93 Å². The highest BCUT2D eigenvalue weighted by Crippen LogP contribution is 2.11. The third-order valence-corrected chi connectivity index (χ3v) is 2.61. The van der Waals surface area contributed by atoms with Crippen molar-refractivity contribution in [3.05, 3.63) is 54.1 Å². The molecule has 0 bridgehead atoms. The van der Waals surface area contributed by atoms with Crippen molar-refractivity contribution in [3.8, 4) is 0 Å². The van der Waals surface area contributed by atoms with Crippen LogP contribution in [0.2, 0.25) is 0 Å². The molecule has 0 aliphatic heterocycles. The van der Waals surface area contributed by atoms with Gasteiger partial charge in [0.2, 0.25) is 0 Å². The molecule has 74 valence electrons. The van der Waals surface area contributed by atoms with Gasteiger partial charge < -0.3 is 4.57 Å². The second-order valence-electron chi connectivity index (χ2n) is 3.47. The van der Waals surface area contributed by atoms with Gasteiger partial charge >= 0.3 is 0 Å². The van der Waals surface area contributed by atoms with Crippen LogP contribution < -0.4 is 10.6 Å². The molecular weight excluding hydrogens is 182 g/mol. The lowest BCUT2D eigenvalue weighted by Crippen LogP contribution is -2.25. The lowest BCUT2D eigenvalue weighted by Gasteiger charge is -2.04. The Morgan fingerprint density at radius 1 is 1.20 bits per heavy atom. The number of para-hydroxylation sites is 1. The van der Waals surface area contributed by atoms with E-state index < -0.39 is 0 Å². The minimum Gasteiger partial charge on any atom is -0.310 e. The second-order valence-corrected chi connectivity index (χ2v) is 3.47. The van der Waals surface area contributed by atoms with Crippen molar-refractivity contribution in [1.82, 2.24) is 4.57 Å². The Bertz CT molecular complexity index is 644. The van der Waals surface area contributed by atoms with E-state index in [1.807, 2.05) is 28.8 Å². The van der Waals surface area contributed by atoms with E-state index in [0.717, 1.165) is 27.2 Å². The maximum Gasteiger partial charge on any atom is 0.0540 e. The van der Waals surface area contributed by atoms with Crippen molar-refractivity contribution < 1.29 is 0 Å². The summed E-state index contributed by atoms with van der Waals surface area (Å²) in [5, 5.41) is 2.94. The van der Waals surface area contributed by atoms with E-state index >= 15 is 0 Å². The van der Waals surface area contributed by atoms with Crippen LogP contribution in [0, 0.1) is 0 Å². The fraction of sp³-hybridized carbons (Fsp3) is 0. The summed E-state index contributed by atoms with van der Waals surface area (Å²) in [6, 6.07) is 8.07. The van der Waals surface area contributed by atoms with E-state index in [0.29, 0.717) is 0 Å². The van der Waals surface area contributed by atoms with E-state index in [1.54, 1.807) is 6.08 Å². The van der Waals surface area contributed by atoms with Gasteiger partial charge in [0.15, 0.2) is 0 Å². The molecule has 0 amide bonds. The van der Waals surface area contributed by atoms with Crippen LogP contribution in [-0.4, -0.2) is 4.57 Å². The molecule has 1 aromatic carbocycles. The molecule has 0 unspecified atom stereocenters. The molecule has 1 nitrogen and oxygen atoms in total. The molecule has 0 saturated carbocycles. The zero-order chi connectivity index (χ0) is 11.0. The van der Waals surface area contributed by atoms with E-state index in [9.17, 15) is 0 Å². The van der Waals surface area contributed by atoms with Gasteiger partial charge in [-0.3, -0.25) is 0 Å². The predicted molar refractivity (Wildman–Crippen MR) is 67.8 cm³/mol. The van der Waals surface area contributed by atoms with Gasteiger partial charge in [-0.2, -0.15) is 0 Å². The highest BCUT2D eigenvalue weighted by Gasteiger charge is 2.04. The predicted octanol–water partition coefficient (Wildman–Crippen LogP) is 2.12. The summed E-state index contributed by atoms with van der Waals surface area (Å²) >= 11 is 0. The van der Waals surface area contributed by atoms with E-state index in [2.05, 4.69) is 26.3 Å². The lowest BCUT2D eigenvalue weighted by atomic mass is 10.2. The van der Waals surface area contributed by atoms with Crippen molar-refractivity contribution in [2.75, 3.05) is 0 Å². The maximum atomic E-state index is 4.03. The minimum atomic E-state index is 0.825. The van der Waals surface area contributed by atoms with Gasteiger partial charge in [0.1, 0.15) is 0 Å². The number of aromatic nitrogens is 1. The van der Waals surface area contributed by atoms with Crippen LogP contribution >= 0.6 is 0 Å². The van der Waals surface area contributed by atoms with Crippen molar-refractivity contribution in [1.29, 1.82) is 0 Å². The molecule has 2 aromatic rings. The van der Waals surface area contributed by atoms with Crippen molar-refractivity contribution in [3.63, 3.8) is 0 Å². The monoisotopic (exact) mass is 195 g/mol. The molecule has 0 radical (unpaired) electrons.